The summed E-state index contributed by atoms with van der Waals surface area (Å²) < 4.78 is 48.5. The summed E-state index contributed by atoms with van der Waals surface area (Å²) in [5, 5.41) is 2.69. The Kier molecular flexibility index (Phi) is 5.43. The second kappa shape index (κ2) is 7.08. The molecule has 2 rings (SSSR count). The predicted molar refractivity (Wildman–Crippen MR) is 102 cm³/mol. The number of hydrogen-bond donors (Lipinski definition) is 2. The van der Waals surface area contributed by atoms with Crippen molar-refractivity contribution in [2.24, 2.45) is 0 Å². The molecule has 26 heavy (non-hydrogen) atoms. The average Bonchev–Trinajstić information content (AvgIpc) is 2.49. The molecule has 0 bridgehead atoms. The van der Waals surface area contributed by atoms with Crippen LogP contribution in [-0.2, 0) is 19.9 Å². The Bertz CT molecular complexity index is 1070. The Morgan fingerprint density at radius 1 is 0.962 bits per heavy atom. The van der Waals surface area contributed by atoms with Crippen molar-refractivity contribution in [2.45, 2.75) is 18.7 Å². The van der Waals surface area contributed by atoms with E-state index in [0.717, 1.165) is 23.6 Å². The van der Waals surface area contributed by atoms with Gasteiger partial charge in [-0.25, -0.2) is 16.8 Å². The number of hydrogen-bond acceptors (Lipinski definition) is 5. The van der Waals surface area contributed by atoms with Crippen molar-refractivity contribution in [1.29, 1.82) is 0 Å². The highest BCUT2D eigenvalue weighted by atomic mass is 32.2. The molecule has 0 fully saturated rings. The second-order valence-electron chi connectivity index (χ2n) is 6.09. The van der Waals surface area contributed by atoms with Crippen LogP contribution in [0.5, 0.6) is 0 Å². The van der Waals surface area contributed by atoms with Gasteiger partial charge < -0.3 is 5.32 Å². The highest BCUT2D eigenvalue weighted by molar-refractivity contribution is 7.92. The molecule has 2 aromatic rings. The number of rotatable bonds is 5. The number of anilines is 2. The smallest absolute Gasteiger partial charge is 0.255 e. The molecule has 0 spiro atoms. The van der Waals surface area contributed by atoms with Crippen molar-refractivity contribution in [3.8, 4) is 0 Å². The first-order valence-corrected chi connectivity index (χ1v) is 11.4. The Hall–Kier alpha value is -2.39. The zero-order valence-electron chi connectivity index (χ0n) is 14.8. The van der Waals surface area contributed by atoms with Gasteiger partial charge in [0.15, 0.2) is 9.84 Å². The quantitative estimate of drug-likeness (QED) is 0.806. The number of benzene rings is 2. The first-order valence-electron chi connectivity index (χ1n) is 7.57. The van der Waals surface area contributed by atoms with E-state index in [1.54, 1.807) is 26.0 Å². The lowest BCUT2D eigenvalue weighted by molar-refractivity contribution is 0.102. The molecule has 2 N–H and O–H groups in total. The highest BCUT2D eigenvalue weighted by Gasteiger charge is 2.15. The van der Waals surface area contributed by atoms with Crippen LogP contribution in [-0.4, -0.2) is 35.3 Å². The molecule has 0 unspecified atom stereocenters. The van der Waals surface area contributed by atoms with Crippen LogP contribution in [0, 0.1) is 13.8 Å². The molecule has 0 saturated heterocycles. The van der Waals surface area contributed by atoms with E-state index in [9.17, 15) is 21.6 Å². The van der Waals surface area contributed by atoms with E-state index in [0.29, 0.717) is 5.69 Å². The summed E-state index contributed by atoms with van der Waals surface area (Å²) in [6, 6.07) is 8.97. The van der Waals surface area contributed by atoms with Gasteiger partial charge in [0.05, 0.1) is 11.2 Å². The molecule has 0 radical (unpaired) electrons. The third-order valence-electron chi connectivity index (χ3n) is 3.75. The van der Waals surface area contributed by atoms with Crippen molar-refractivity contribution >= 4 is 37.1 Å². The first kappa shape index (κ1) is 19.9. The fourth-order valence-corrected chi connectivity index (χ4v) is 3.58. The monoisotopic (exact) mass is 396 g/mol. The zero-order valence-corrected chi connectivity index (χ0v) is 16.5. The van der Waals surface area contributed by atoms with Gasteiger partial charge in [-0.15, -0.1) is 0 Å². The predicted octanol–water partition coefficient (Wildman–Crippen LogP) is 2.33. The molecule has 0 aromatic heterocycles. The summed E-state index contributed by atoms with van der Waals surface area (Å²) in [6.07, 6.45) is 2.12. The molecule has 0 saturated carbocycles. The lowest BCUT2D eigenvalue weighted by Gasteiger charge is -2.13. The third kappa shape index (κ3) is 5.06. The van der Waals surface area contributed by atoms with Crippen LogP contribution in [0.1, 0.15) is 21.5 Å². The van der Waals surface area contributed by atoms with Crippen LogP contribution >= 0.6 is 0 Å². The molecule has 0 heterocycles. The van der Waals surface area contributed by atoms with Gasteiger partial charge in [0.1, 0.15) is 0 Å². The minimum atomic E-state index is -3.46. The van der Waals surface area contributed by atoms with E-state index in [-0.39, 0.29) is 16.1 Å². The molecule has 2 aromatic carbocycles. The molecule has 1 amide bonds. The molecule has 0 aliphatic rings. The lowest BCUT2D eigenvalue weighted by atomic mass is 10.1. The summed E-state index contributed by atoms with van der Waals surface area (Å²) >= 11 is 0. The van der Waals surface area contributed by atoms with Crippen molar-refractivity contribution in [3.05, 3.63) is 53.1 Å². The fraction of sp³-hybridized carbons (Fsp3) is 0.235. The number of carbonyl (C=O) groups is 1. The number of aryl methyl sites for hydroxylation is 1. The minimum Gasteiger partial charge on any atom is -0.322 e. The molecule has 140 valence electrons. The van der Waals surface area contributed by atoms with Crippen LogP contribution in [0.2, 0.25) is 0 Å². The Labute approximate surface area is 153 Å². The van der Waals surface area contributed by atoms with Gasteiger partial charge in [0, 0.05) is 23.2 Å². The van der Waals surface area contributed by atoms with E-state index in [1.165, 1.54) is 24.3 Å². The third-order valence-corrected chi connectivity index (χ3v) is 5.44. The normalized spacial score (nSPS) is 11.8. The van der Waals surface area contributed by atoms with E-state index in [4.69, 9.17) is 0 Å². The van der Waals surface area contributed by atoms with Gasteiger partial charge in [0.2, 0.25) is 10.0 Å². The van der Waals surface area contributed by atoms with Gasteiger partial charge >= 0.3 is 0 Å². The number of sulfonamides is 1. The van der Waals surface area contributed by atoms with E-state index >= 15 is 0 Å². The topological polar surface area (TPSA) is 109 Å². The highest BCUT2D eigenvalue weighted by Crippen LogP contribution is 2.25. The molecular formula is C17H20N2O5S2. The van der Waals surface area contributed by atoms with E-state index < -0.39 is 25.8 Å². The number of sulfone groups is 1. The Balaban J connectivity index is 2.36. The molecule has 0 aliphatic carbocycles. The maximum Gasteiger partial charge on any atom is 0.255 e. The van der Waals surface area contributed by atoms with Crippen molar-refractivity contribution in [3.63, 3.8) is 0 Å². The molecule has 9 heteroatoms. The van der Waals surface area contributed by atoms with Crippen molar-refractivity contribution in [1.82, 2.24) is 0 Å². The van der Waals surface area contributed by atoms with Gasteiger partial charge in [-0.05, 0) is 55.3 Å². The molecular weight excluding hydrogens is 376 g/mol. The summed E-state index contributed by atoms with van der Waals surface area (Å²) in [7, 11) is -6.88. The maximum absolute atomic E-state index is 12.5. The molecule has 7 nitrogen and oxygen atoms in total. The number of nitrogens with one attached hydrogen (secondary N) is 2. The van der Waals surface area contributed by atoms with Crippen LogP contribution in [0.25, 0.3) is 0 Å². The van der Waals surface area contributed by atoms with E-state index in [2.05, 4.69) is 10.0 Å². The van der Waals surface area contributed by atoms with Crippen LogP contribution in [0.3, 0.4) is 0 Å². The summed E-state index contributed by atoms with van der Waals surface area (Å²) in [5.74, 6) is -0.477. The van der Waals surface area contributed by atoms with Gasteiger partial charge in [-0.2, -0.15) is 0 Å². The largest absolute Gasteiger partial charge is 0.322 e. The summed E-state index contributed by atoms with van der Waals surface area (Å²) in [5.41, 5.74) is 2.36. The lowest BCUT2D eigenvalue weighted by Crippen LogP contribution is -2.15. The van der Waals surface area contributed by atoms with E-state index in [1.807, 2.05) is 0 Å². The van der Waals surface area contributed by atoms with Crippen LogP contribution in [0.15, 0.2) is 41.3 Å². The molecule has 0 aliphatic heterocycles. The maximum atomic E-state index is 12.5. The van der Waals surface area contributed by atoms with Crippen LogP contribution in [0.4, 0.5) is 11.4 Å². The number of carbonyl (C=O) groups excluding carboxylic acids is 1. The summed E-state index contributed by atoms with van der Waals surface area (Å²) in [4.78, 5) is 12.6. The molecule has 0 atom stereocenters. The second-order valence-corrected chi connectivity index (χ2v) is 9.86. The van der Waals surface area contributed by atoms with Gasteiger partial charge in [0.25, 0.3) is 5.91 Å². The zero-order chi connectivity index (χ0) is 19.7. The fourth-order valence-electron chi connectivity index (χ4n) is 2.30. The van der Waals surface area contributed by atoms with Crippen molar-refractivity contribution < 1.29 is 21.6 Å². The Morgan fingerprint density at radius 3 is 2.19 bits per heavy atom. The Morgan fingerprint density at radius 2 is 1.62 bits per heavy atom. The van der Waals surface area contributed by atoms with Gasteiger partial charge in [-0.3, -0.25) is 9.52 Å². The summed E-state index contributed by atoms with van der Waals surface area (Å²) in [6.45, 7) is 3.54. The van der Waals surface area contributed by atoms with Crippen LogP contribution < -0.4 is 10.0 Å². The minimum absolute atomic E-state index is 0.114. The van der Waals surface area contributed by atoms with Gasteiger partial charge in [-0.1, -0.05) is 6.07 Å². The standard InChI is InChI=1S/C17H20N2O5S2/c1-11-8-15(25(3,21)22)10-16(12(11)2)18-17(20)13-6-5-7-14(9-13)19-26(4,23)24/h5-10,19H,1-4H3,(H,18,20). The van der Waals surface area contributed by atoms with Crippen molar-refractivity contribution in [2.75, 3.05) is 22.6 Å². The average molecular weight is 396 g/mol. The SMILES string of the molecule is Cc1cc(S(C)(=O)=O)cc(NC(=O)c2cccc(NS(C)(=O)=O)c2)c1C. The first-order chi connectivity index (χ1) is 11.9. The number of amides is 1.